The molecule has 0 spiro atoms. The Morgan fingerprint density at radius 2 is 1.96 bits per heavy atom. The molecule has 0 bridgehead atoms. The molecule has 3 aromatic rings. The van der Waals surface area contributed by atoms with Crippen LogP contribution < -0.4 is 5.73 Å². The number of hydrogen-bond acceptors (Lipinski definition) is 4. The van der Waals surface area contributed by atoms with E-state index in [9.17, 15) is 4.79 Å². The Morgan fingerprint density at radius 1 is 1.26 bits per heavy atom. The molecule has 0 radical (unpaired) electrons. The lowest BCUT2D eigenvalue weighted by atomic mass is 10.1. The largest absolute Gasteiger partial charge is 0.369 e. The number of carbonyl (C=O) groups is 1. The van der Waals surface area contributed by atoms with Crippen LogP contribution in [0, 0.1) is 13.8 Å². The summed E-state index contributed by atoms with van der Waals surface area (Å²) in [4.78, 5) is 16.1. The van der Waals surface area contributed by atoms with Crippen molar-refractivity contribution < 1.29 is 4.79 Å². The molecule has 0 saturated heterocycles. The van der Waals surface area contributed by atoms with Gasteiger partial charge in [0, 0.05) is 5.56 Å². The normalized spacial score (nSPS) is 12.5. The Morgan fingerprint density at radius 3 is 2.61 bits per heavy atom. The van der Waals surface area contributed by atoms with Crippen LogP contribution in [0.3, 0.4) is 0 Å². The van der Waals surface area contributed by atoms with Gasteiger partial charge >= 0.3 is 0 Å². The van der Waals surface area contributed by atoms with Gasteiger partial charge in [0.25, 0.3) is 0 Å². The van der Waals surface area contributed by atoms with Crippen molar-refractivity contribution in [2.24, 2.45) is 5.73 Å². The molecule has 118 valence electrons. The van der Waals surface area contributed by atoms with Gasteiger partial charge < -0.3 is 5.73 Å². The zero-order valence-corrected chi connectivity index (χ0v) is 14.1. The maximum Gasteiger partial charge on any atom is 0.230 e. The molecule has 1 atom stereocenters. The number of imidazole rings is 1. The Labute approximate surface area is 138 Å². The van der Waals surface area contributed by atoms with Crippen LogP contribution in [0.4, 0.5) is 0 Å². The highest BCUT2D eigenvalue weighted by atomic mass is 32.2. The van der Waals surface area contributed by atoms with Crippen LogP contribution >= 0.6 is 11.8 Å². The Bertz CT molecular complexity index is 873. The Hall–Kier alpha value is -2.34. The molecule has 23 heavy (non-hydrogen) atoms. The van der Waals surface area contributed by atoms with Gasteiger partial charge in [-0.2, -0.15) is 5.10 Å². The number of carbonyl (C=O) groups excluding carboxylic acids is 1. The molecular formula is C17H18N4OS. The molecule has 0 saturated carbocycles. The first-order chi connectivity index (χ1) is 11.0. The summed E-state index contributed by atoms with van der Waals surface area (Å²) in [7, 11) is 0. The van der Waals surface area contributed by atoms with Gasteiger partial charge in [0.2, 0.25) is 5.91 Å². The zero-order valence-electron chi connectivity index (χ0n) is 13.3. The minimum atomic E-state index is -0.369. The maximum absolute atomic E-state index is 11.4. The van der Waals surface area contributed by atoms with E-state index in [1.807, 2.05) is 54.8 Å². The van der Waals surface area contributed by atoms with Crippen LogP contribution in [0.1, 0.15) is 18.2 Å². The van der Waals surface area contributed by atoms with E-state index < -0.39 is 0 Å². The fourth-order valence-corrected chi connectivity index (χ4v) is 3.30. The van der Waals surface area contributed by atoms with Crippen molar-refractivity contribution in [3.05, 3.63) is 47.7 Å². The monoisotopic (exact) mass is 326 g/mol. The molecule has 5 nitrogen and oxygen atoms in total. The molecule has 0 fully saturated rings. The molecule has 1 amide bonds. The lowest BCUT2D eigenvalue weighted by Gasteiger charge is -2.06. The van der Waals surface area contributed by atoms with E-state index >= 15 is 0 Å². The number of thioether (sulfide) groups is 1. The average molecular weight is 326 g/mol. The van der Waals surface area contributed by atoms with E-state index in [0.717, 1.165) is 28.0 Å². The highest BCUT2D eigenvalue weighted by Crippen LogP contribution is 2.32. The van der Waals surface area contributed by atoms with E-state index in [2.05, 4.69) is 5.10 Å². The highest BCUT2D eigenvalue weighted by molar-refractivity contribution is 8.00. The van der Waals surface area contributed by atoms with Crippen LogP contribution in [-0.2, 0) is 4.79 Å². The second-order valence-corrected chi connectivity index (χ2v) is 6.81. The van der Waals surface area contributed by atoms with Crippen molar-refractivity contribution in [2.75, 3.05) is 0 Å². The highest BCUT2D eigenvalue weighted by Gasteiger charge is 2.20. The van der Waals surface area contributed by atoms with Crippen LogP contribution in [-0.4, -0.2) is 25.8 Å². The first kappa shape index (κ1) is 15.6. The molecular weight excluding hydrogens is 308 g/mol. The van der Waals surface area contributed by atoms with E-state index in [0.29, 0.717) is 5.16 Å². The second kappa shape index (κ2) is 6.04. The van der Waals surface area contributed by atoms with E-state index in [-0.39, 0.29) is 11.2 Å². The van der Waals surface area contributed by atoms with Crippen LogP contribution in [0.15, 0.2) is 41.6 Å². The van der Waals surface area contributed by atoms with Crippen molar-refractivity contribution >= 4 is 23.2 Å². The summed E-state index contributed by atoms with van der Waals surface area (Å²) in [6, 6.07) is 12.0. The Kier molecular flexibility index (Phi) is 4.09. The number of fused-ring (bicyclic) bond motifs is 1. The lowest BCUT2D eigenvalue weighted by molar-refractivity contribution is -0.117. The average Bonchev–Trinajstić information content (AvgIpc) is 2.87. The van der Waals surface area contributed by atoms with Gasteiger partial charge in [0.15, 0.2) is 5.16 Å². The third-order valence-corrected chi connectivity index (χ3v) is 4.67. The first-order valence-electron chi connectivity index (χ1n) is 7.35. The number of nitrogens with two attached hydrogens (primary N) is 1. The number of rotatable bonds is 4. The van der Waals surface area contributed by atoms with Crippen LogP contribution in [0.2, 0.25) is 0 Å². The number of aryl methyl sites for hydroxylation is 2. The van der Waals surface area contributed by atoms with Crippen LogP contribution in [0.25, 0.3) is 16.8 Å². The number of primary amides is 1. The summed E-state index contributed by atoms with van der Waals surface area (Å²) >= 11 is 1.33. The molecule has 0 aliphatic carbocycles. The van der Waals surface area contributed by atoms with Gasteiger partial charge in [-0.1, -0.05) is 42.1 Å². The smallest absolute Gasteiger partial charge is 0.230 e. The van der Waals surface area contributed by atoms with Crippen molar-refractivity contribution in [1.29, 1.82) is 0 Å². The maximum atomic E-state index is 11.4. The molecule has 3 rings (SSSR count). The summed E-state index contributed by atoms with van der Waals surface area (Å²) in [5.74, 6) is -0.364. The van der Waals surface area contributed by atoms with Gasteiger partial charge in [-0.3, -0.25) is 4.79 Å². The second-order valence-electron chi connectivity index (χ2n) is 5.50. The standard InChI is InChI=1S/C17H18N4OS/c1-10-9-11(2)20-21-15(10)14(13-7-5-4-6-8-13)19-17(21)23-12(3)16(18)22/h4-9,12H,1-3H3,(H2,18,22)/t12-/m1/s1. The predicted molar refractivity (Wildman–Crippen MR) is 92.4 cm³/mol. The molecule has 2 heterocycles. The summed E-state index contributed by atoms with van der Waals surface area (Å²) < 4.78 is 1.82. The molecule has 1 aromatic carbocycles. The van der Waals surface area contributed by atoms with Gasteiger partial charge in [-0.05, 0) is 32.4 Å². The quantitative estimate of drug-likeness (QED) is 0.748. The summed E-state index contributed by atoms with van der Waals surface area (Å²) in [5, 5.41) is 4.89. The van der Waals surface area contributed by atoms with Crippen LogP contribution in [0.5, 0.6) is 0 Å². The van der Waals surface area contributed by atoms with Gasteiger partial charge in [-0.25, -0.2) is 9.50 Å². The molecule has 2 aromatic heterocycles. The minimum Gasteiger partial charge on any atom is -0.369 e. The van der Waals surface area contributed by atoms with Crippen molar-refractivity contribution in [1.82, 2.24) is 14.6 Å². The van der Waals surface area contributed by atoms with Gasteiger partial charge in [-0.15, -0.1) is 0 Å². The van der Waals surface area contributed by atoms with Gasteiger partial charge in [0.05, 0.1) is 22.2 Å². The topological polar surface area (TPSA) is 73.3 Å². The fraction of sp³-hybridized carbons (Fsp3) is 0.235. The van der Waals surface area contributed by atoms with Crippen molar-refractivity contribution in [3.8, 4) is 11.3 Å². The fourth-order valence-electron chi connectivity index (χ4n) is 2.50. The third-order valence-electron chi connectivity index (χ3n) is 3.61. The predicted octanol–water partition coefficient (Wildman–Crippen LogP) is 2.98. The number of benzene rings is 1. The molecule has 0 aliphatic rings. The van der Waals surface area contributed by atoms with Crippen molar-refractivity contribution in [2.45, 2.75) is 31.2 Å². The number of amides is 1. The van der Waals surface area contributed by atoms with Gasteiger partial charge in [0.1, 0.15) is 0 Å². The third kappa shape index (κ3) is 2.94. The van der Waals surface area contributed by atoms with E-state index in [1.54, 1.807) is 6.92 Å². The summed E-state index contributed by atoms with van der Waals surface area (Å²) in [6.45, 7) is 5.77. The molecule has 6 heteroatoms. The summed E-state index contributed by atoms with van der Waals surface area (Å²) in [5.41, 5.74) is 10.2. The zero-order chi connectivity index (χ0) is 16.6. The van der Waals surface area contributed by atoms with E-state index in [4.69, 9.17) is 10.7 Å². The Balaban J connectivity index is 2.23. The van der Waals surface area contributed by atoms with E-state index in [1.165, 1.54) is 11.8 Å². The number of aromatic nitrogens is 3. The first-order valence-corrected chi connectivity index (χ1v) is 8.23. The molecule has 2 N–H and O–H groups in total. The molecule has 0 unspecified atom stereocenters. The minimum absolute atomic E-state index is 0.364. The number of hydrogen-bond donors (Lipinski definition) is 1. The lowest BCUT2D eigenvalue weighted by Crippen LogP contribution is -2.22. The van der Waals surface area contributed by atoms with Crippen molar-refractivity contribution in [3.63, 3.8) is 0 Å². The number of nitrogens with zero attached hydrogens (tertiary/aromatic N) is 3. The SMILES string of the molecule is Cc1cc(C)c2c(-c3ccccc3)nc(S[C@H](C)C(N)=O)n2n1. The molecule has 0 aliphatic heterocycles. The summed E-state index contributed by atoms with van der Waals surface area (Å²) in [6.07, 6.45) is 0.